The van der Waals surface area contributed by atoms with E-state index in [9.17, 15) is 22.0 Å². The predicted octanol–water partition coefficient (Wildman–Crippen LogP) is 4.05. The molecule has 0 radical (unpaired) electrons. The molecule has 0 nitrogen and oxygen atoms in total. The van der Waals surface area contributed by atoms with Crippen molar-refractivity contribution < 1.29 is 22.0 Å². The molecule has 0 aliphatic carbocycles. The molecule has 0 fully saturated rings. The molecule has 0 atom stereocenters. The monoisotopic (exact) mass is 244 g/mol. The van der Waals surface area contributed by atoms with Gasteiger partial charge in [-0.15, -0.1) is 0 Å². The van der Waals surface area contributed by atoms with Crippen molar-refractivity contribution in [2.75, 3.05) is 0 Å². The van der Waals surface area contributed by atoms with Crippen molar-refractivity contribution in [3.05, 3.63) is 59.4 Å². The summed E-state index contributed by atoms with van der Waals surface area (Å²) >= 11 is 0. The zero-order valence-corrected chi connectivity index (χ0v) is 8.28. The molecule has 0 unspecified atom stereocenters. The maximum atomic E-state index is 13.4. The average Bonchev–Trinajstić information content (AvgIpc) is 2.32. The minimum atomic E-state index is -1.96. The van der Waals surface area contributed by atoms with Gasteiger partial charge in [-0.25, -0.2) is 22.0 Å². The van der Waals surface area contributed by atoms with Gasteiger partial charge in [0, 0.05) is 11.1 Å². The smallest absolute Gasteiger partial charge is 0.198 e. The number of rotatable bonds is 1. The van der Waals surface area contributed by atoms with E-state index in [0.29, 0.717) is 6.07 Å². The summed E-state index contributed by atoms with van der Waals surface area (Å²) in [4.78, 5) is 0. The summed E-state index contributed by atoms with van der Waals surface area (Å²) in [7, 11) is 0. The van der Waals surface area contributed by atoms with E-state index in [1.54, 1.807) is 0 Å². The Morgan fingerprint density at radius 3 is 1.88 bits per heavy atom. The second kappa shape index (κ2) is 4.16. The first-order chi connectivity index (χ1) is 8.02. The SMILES string of the molecule is Fc1ccccc1-c1cc(F)c(F)c(F)c1F. The van der Waals surface area contributed by atoms with Crippen LogP contribution in [0.3, 0.4) is 0 Å². The largest absolute Gasteiger partial charge is 0.206 e. The first-order valence-corrected chi connectivity index (χ1v) is 4.60. The molecule has 5 heteroatoms. The highest BCUT2D eigenvalue weighted by molar-refractivity contribution is 5.65. The minimum absolute atomic E-state index is 0.331. The molecule has 0 saturated carbocycles. The number of benzene rings is 2. The van der Waals surface area contributed by atoms with Crippen molar-refractivity contribution in [2.45, 2.75) is 0 Å². The van der Waals surface area contributed by atoms with Gasteiger partial charge in [-0.05, 0) is 12.1 Å². The Balaban J connectivity index is 2.73. The van der Waals surface area contributed by atoms with Crippen LogP contribution < -0.4 is 0 Å². The van der Waals surface area contributed by atoms with E-state index in [2.05, 4.69) is 0 Å². The van der Waals surface area contributed by atoms with Crippen LogP contribution in [-0.2, 0) is 0 Å². The summed E-state index contributed by atoms with van der Waals surface area (Å²) in [6.07, 6.45) is 0. The summed E-state index contributed by atoms with van der Waals surface area (Å²) in [6, 6.07) is 5.29. The van der Waals surface area contributed by atoms with Gasteiger partial charge in [0.25, 0.3) is 0 Å². The Morgan fingerprint density at radius 1 is 0.588 bits per heavy atom. The molecule has 88 valence electrons. The summed E-state index contributed by atoms with van der Waals surface area (Å²) in [6.45, 7) is 0. The Kier molecular flexibility index (Phi) is 2.83. The molecule has 0 spiro atoms. The van der Waals surface area contributed by atoms with Crippen LogP contribution in [-0.4, -0.2) is 0 Å². The van der Waals surface area contributed by atoms with Crippen LogP contribution in [0.25, 0.3) is 11.1 Å². The van der Waals surface area contributed by atoms with E-state index in [1.165, 1.54) is 12.1 Å². The van der Waals surface area contributed by atoms with Crippen LogP contribution >= 0.6 is 0 Å². The van der Waals surface area contributed by atoms with Gasteiger partial charge in [-0.3, -0.25) is 0 Å². The highest BCUT2D eigenvalue weighted by atomic mass is 19.2. The van der Waals surface area contributed by atoms with Gasteiger partial charge >= 0.3 is 0 Å². The van der Waals surface area contributed by atoms with Gasteiger partial charge < -0.3 is 0 Å². The van der Waals surface area contributed by atoms with Crippen LogP contribution in [0.1, 0.15) is 0 Å². The van der Waals surface area contributed by atoms with E-state index in [4.69, 9.17) is 0 Å². The molecule has 0 aromatic heterocycles. The van der Waals surface area contributed by atoms with Crippen molar-refractivity contribution in [3.63, 3.8) is 0 Å². The molecule has 17 heavy (non-hydrogen) atoms. The molecule has 0 aliphatic heterocycles. The molecule has 0 N–H and O–H groups in total. The third-order valence-corrected chi connectivity index (χ3v) is 2.27. The van der Waals surface area contributed by atoms with E-state index in [0.717, 1.165) is 12.1 Å². The van der Waals surface area contributed by atoms with Gasteiger partial charge in [0.05, 0.1) is 0 Å². The van der Waals surface area contributed by atoms with Crippen LogP contribution in [0.5, 0.6) is 0 Å². The zero-order chi connectivity index (χ0) is 12.6. The number of halogens is 5. The molecule has 0 saturated heterocycles. The Morgan fingerprint density at radius 2 is 1.24 bits per heavy atom. The summed E-state index contributed by atoms with van der Waals surface area (Å²) in [5, 5.41) is 0. The lowest BCUT2D eigenvalue weighted by molar-refractivity contribution is 0.410. The highest BCUT2D eigenvalue weighted by Crippen LogP contribution is 2.29. The standard InChI is InChI=1S/C12H5F5/c13-8-4-2-1-3-6(8)7-5-9(14)11(16)12(17)10(7)15/h1-5H. The van der Waals surface area contributed by atoms with Crippen LogP contribution in [0.15, 0.2) is 30.3 Å². The summed E-state index contributed by atoms with van der Waals surface area (Å²) in [5.74, 6) is -7.90. The Hall–Kier alpha value is -1.91. The lowest BCUT2D eigenvalue weighted by Gasteiger charge is -2.06. The maximum Gasteiger partial charge on any atom is 0.198 e. The highest BCUT2D eigenvalue weighted by Gasteiger charge is 2.21. The lowest BCUT2D eigenvalue weighted by atomic mass is 10.0. The third-order valence-electron chi connectivity index (χ3n) is 2.27. The van der Waals surface area contributed by atoms with Crippen molar-refractivity contribution in [1.82, 2.24) is 0 Å². The van der Waals surface area contributed by atoms with Crippen molar-refractivity contribution in [2.24, 2.45) is 0 Å². The van der Waals surface area contributed by atoms with Crippen LogP contribution in [0.4, 0.5) is 22.0 Å². The zero-order valence-electron chi connectivity index (χ0n) is 8.28. The fourth-order valence-corrected chi connectivity index (χ4v) is 1.45. The summed E-state index contributed by atoms with van der Waals surface area (Å²) in [5.41, 5.74) is -0.984. The molecule has 2 aromatic rings. The third kappa shape index (κ3) is 1.88. The summed E-state index contributed by atoms with van der Waals surface area (Å²) < 4.78 is 65.3. The van der Waals surface area contributed by atoms with Gasteiger partial charge in [-0.1, -0.05) is 18.2 Å². The molecular weight excluding hydrogens is 239 g/mol. The van der Waals surface area contributed by atoms with E-state index in [-0.39, 0.29) is 5.56 Å². The van der Waals surface area contributed by atoms with Crippen LogP contribution in [0, 0.1) is 29.1 Å². The topological polar surface area (TPSA) is 0 Å². The second-order valence-corrected chi connectivity index (χ2v) is 3.33. The first-order valence-electron chi connectivity index (χ1n) is 4.60. The van der Waals surface area contributed by atoms with Gasteiger partial charge in [0.15, 0.2) is 23.3 Å². The second-order valence-electron chi connectivity index (χ2n) is 3.33. The number of hydrogen-bond acceptors (Lipinski definition) is 0. The molecule has 0 amide bonds. The quantitative estimate of drug-likeness (QED) is 0.403. The Bertz CT molecular complexity index is 577. The Labute approximate surface area is 93.3 Å². The molecule has 0 heterocycles. The average molecular weight is 244 g/mol. The van der Waals surface area contributed by atoms with E-state index < -0.39 is 34.6 Å². The molecular formula is C12H5F5. The number of hydrogen-bond donors (Lipinski definition) is 0. The van der Waals surface area contributed by atoms with Crippen LogP contribution in [0.2, 0.25) is 0 Å². The predicted molar refractivity (Wildman–Crippen MR) is 51.7 cm³/mol. The van der Waals surface area contributed by atoms with Gasteiger partial charge in [0.2, 0.25) is 0 Å². The fraction of sp³-hybridized carbons (Fsp3) is 0. The van der Waals surface area contributed by atoms with Crippen molar-refractivity contribution in [1.29, 1.82) is 0 Å². The lowest BCUT2D eigenvalue weighted by Crippen LogP contribution is -1.99. The normalized spacial score (nSPS) is 10.6. The maximum absolute atomic E-state index is 13.4. The molecule has 0 bridgehead atoms. The minimum Gasteiger partial charge on any atom is -0.206 e. The van der Waals surface area contributed by atoms with E-state index in [1.807, 2.05) is 0 Å². The van der Waals surface area contributed by atoms with Gasteiger partial charge in [0.1, 0.15) is 5.82 Å². The van der Waals surface area contributed by atoms with Crippen molar-refractivity contribution >= 4 is 0 Å². The molecule has 2 rings (SSSR count). The first kappa shape index (κ1) is 11.6. The van der Waals surface area contributed by atoms with E-state index >= 15 is 0 Å². The van der Waals surface area contributed by atoms with Gasteiger partial charge in [-0.2, -0.15) is 0 Å². The van der Waals surface area contributed by atoms with Crippen molar-refractivity contribution in [3.8, 4) is 11.1 Å². The molecule has 2 aromatic carbocycles. The molecule has 0 aliphatic rings. The fourth-order valence-electron chi connectivity index (χ4n) is 1.45.